The van der Waals surface area contributed by atoms with Gasteiger partial charge >= 0.3 is 0 Å². The Morgan fingerprint density at radius 3 is 2.33 bits per heavy atom. The molecule has 0 aliphatic carbocycles. The highest BCUT2D eigenvalue weighted by atomic mass is 32.2. The zero-order valence-corrected chi connectivity index (χ0v) is 21.0. The lowest BCUT2D eigenvalue weighted by atomic mass is 10.1. The maximum atomic E-state index is 11.6. The minimum atomic E-state index is 0.329. The molecule has 2 heterocycles. The minimum absolute atomic E-state index is 0.329. The molecule has 2 aromatic carbocycles. The number of carbonyl (C=O) groups is 1. The maximum Gasteiger partial charge on any atom is 0.146 e. The number of anilines is 2. The van der Waals surface area contributed by atoms with Crippen LogP contribution in [0.25, 0.3) is 0 Å². The summed E-state index contributed by atoms with van der Waals surface area (Å²) in [7, 11) is 1.84. The number of aryl methyl sites for hydroxylation is 1. The molecule has 0 unspecified atom stereocenters. The van der Waals surface area contributed by atoms with Gasteiger partial charge in [0.25, 0.3) is 0 Å². The molecule has 0 atom stereocenters. The summed E-state index contributed by atoms with van der Waals surface area (Å²) in [6, 6.07) is 15.6. The third-order valence-corrected chi connectivity index (χ3v) is 7.79. The number of nitrogens with zero attached hydrogens (tertiary/aromatic N) is 3. The van der Waals surface area contributed by atoms with Crippen molar-refractivity contribution < 1.29 is 4.79 Å². The van der Waals surface area contributed by atoms with Crippen molar-refractivity contribution >= 4 is 28.9 Å². The van der Waals surface area contributed by atoms with Crippen LogP contribution in [0.5, 0.6) is 0 Å². The van der Waals surface area contributed by atoms with Gasteiger partial charge in [0.1, 0.15) is 5.78 Å². The van der Waals surface area contributed by atoms with Crippen molar-refractivity contribution in [1.29, 1.82) is 0 Å². The molecule has 4 rings (SSSR count). The van der Waals surface area contributed by atoms with Crippen LogP contribution < -0.4 is 10.2 Å². The molecule has 1 saturated heterocycles. The van der Waals surface area contributed by atoms with Crippen LogP contribution in [0.4, 0.5) is 11.4 Å². The van der Waals surface area contributed by atoms with Gasteiger partial charge < -0.3 is 20.0 Å². The first kappa shape index (κ1) is 24.3. The Kier molecular flexibility index (Phi) is 8.84. The average Bonchev–Trinajstić information content (AvgIpc) is 2.83. The van der Waals surface area contributed by atoms with E-state index in [2.05, 4.69) is 69.4 Å². The number of carbonyl (C=O) groups excluding carboxylic acids is 1. The number of ketones is 1. The number of fused-ring (bicyclic) bond motifs is 2. The van der Waals surface area contributed by atoms with E-state index in [1.54, 1.807) is 0 Å². The van der Waals surface area contributed by atoms with Gasteiger partial charge in [-0.15, -0.1) is 0 Å². The monoisotopic (exact) mass is 466 g/mol. The van der Waals surface area contributed by atoms with Crippen molar-refractivity contribution in [2.75, 3.05) is 64.3 Å². The lowest BCUT2D eigenvalue weighted by Gasteiger charge is -2.36. The fourth-order valence-corrected chi connectivity index (χ4v) is 5.89. The highest BCUT2D eigenvalue weighted by Crippen LogP contribution is 2.48. The number of Topliss-reactive ketones (excluding diaryl/α,β-unsaturated/α-hetero) is 1. The summed E-state index contributed by atoms with van der Waals surface area (Å²) in [6.45, 7) is 10.6. The largest absolute Gasteiger partial charge is 0.340 e. The predicted molar refractivity (Wildman–Crippen MR) is 139 cm³/mol. The van der Waals surface area contributed by atoms with Crippen LogP contribution in [0.15, 0.2) is 52.3 Å². The van der Waals surface area contributed by atoms with Gasteiger partial charge in [-0.3, -0.25) is 4.79 Å². The summed E-state index contributed by atoms with van der Waals surface area (Å²) in [6.07, 6.45) is 4.01. The van der Waals surface area contributed by atoms with E-state index in [1.807, 2.05) is 18.8 Å². The van der Waals surface area contributed by atoms with Crippen LogP contribution in [-0.4, -0.2) is 75.0 Å². The second-order valence-corrected chi connectivity index (χ2v) is 10.3. The number of para-hydroxylation sites is 1. The van der Waals surface area contributed by atoms with Crippen LogP contribution in [-0.2, 0) is 4.79 Å². The van der Waals surface area contributed by atoms with E-state index < -0.39 is 0 Å². The highest BCUT2D eigenvalue weighted by molar-refractivity contribution is 7.99. The van der Waals surface area contributed by atoms with Gasteiger partial charge in [0.15, 0.2) is 0 Å². The van der Waals surface area contributed by atoms with Crippen LogP contribution in [0, 0.1) is 6.92 Å². The summed E-state index contributed by atoms with van der Waals surface area (Å²) in [4.78, 5) is 22.0. The van der Waals surface area contributed by atoms with Gasteiger partial charge in [-0.2, -0.15) is 0 Å². The van der Waals surface area contributed by atoms with Crippen molar-refractivity contribution in [2.24, 2.45) is 0 Å². The van der Waals surface area contributed by atoms with Crippen molar-refractivity contribution in [3.05, 3.63) is 48.0 Å². The molecule has 0 amide bonds. The number of benzene rings is 2. The predicted octanol–water partition coefficient (Wildman–Crippen LogP) is 4.56. The molecule has 2 aliphatic heterocycles. The van der Waals surface area contributed by atoms with Crippen molar-refractivity contribution in [2.45, 2.75) is 42.4 Å². The smallest absolute Gasteiger partial charge is 0.146 e. The standard InChI is InChI=1S/C27H38N4OS/c1-22-11-12-27-25(20-22)31(24-9-3-4-10-26(24)33-27)15-7-14-30-18-16-29(17-19-30)13-6-5-8-23(32)21-28-2/h3-4,9-12,20,28H,5-8,13-19,21H2,1-2H3. The van der Waals surface area contributed by atoms with Crippen molar-refractivity contribution in [3.8, 4) is 0 Å². The van der Waals surface area contributed by atoms with E-state index in [-0.39, 0.29) is 0 Å². The van der Waals surface area contributed by atoms with Gasteiger partial charge in [-0.25, -0.2) is 0 Å². The average molecular weight is 467 g/mol. The normalized spacial score (nSPS) is 16.5. The molecule has 1 fully saturated rings. The molecule has 2 aliphatic rings. The van der Waals surface area contributed by atoms with Crippen LogP contribution >= 0.6 is 11.8 Å². The Hall–Kier alpha value is -1.86. The molecule has 0 radical (unpaired) electrons. The molecule has 0 spiro atoms. The topological polar surface area (TPSA) is 38.8 Å². The van der Waals surface area contributed by atoms with E-state index in [1.165, 1.54) is 33.2 Å². The summed E-state index contributed by atoms with van der Waals surface area (Å²) >= 11 is 1.89. The zero-order valence-electron chi connectivity index (χ0n) is 20.2. The molecule has 6 heteroatoms. The first-order chi connectivity index (χ1) is 16.1. The lowest BCUT2D eigenvalue weighted by Crippen LogP contribution is -2.47. The van der Waals surface area contributed by atoms with Gasteiger partial charge in [-0.05, 0) is 76.2 Å². The van der Waals surface area contributed by atoms with E-state index >= 15 is 0 Å². The molecule has 178 valence electrons. The van der Waals surface area contributed by atoms with E-state index in [0.29, 0.717) is 18.7 Å². The number of hydrogen-bond donors (Lipinski definition) is 1. The molecule has 1 N–H and O–H groups in total. The maximum absolute atomic E-state index is 11.6. The summed E-state index contributed by atoms with van der Waals surface area (Å²) in [5.41, 5.74) is 4.02. The fourth-order valence-electron chi connectivity index (χ4n) is 4.81. The lowest BCUT2D eigenvalue weighted by molar-refractivity contribution is -0.118. The number of nitrogens with one attached hydrogen (secondary N) is 1. The molecule has 33 heavy (non-hydrogen) atoms. The summed E-state index contributed by atoms with van der Waals surface area (Å²) in [5, 5.41) is 2.94. The quantitative estimate of drug-likeness (QED) is 0.490. The van der Waals surface area contributed by atoms with Crippen LogP contribution in [0.2, 0.25) is 0 Å². The molecular weight excluding hydrogens is 428 g/mol. The molecule has 0 saturated carbocycles. The Balaban J connectivity index is 1.22. The molecule has 5 nitrogen and oxygen atoms in total. The number of rotatable bonds is 11. The van der Waals surface area contributed by atoms with Crippen molar-refractivity contribution in [1.82, 2.24) is 15.1 Å². The molecule has 0 bridgehead atoms. The Morgan fingerprint density at radius 1 is 0.879 bits per heavy atom. The number of unbranched alkanes of at least 4 members (excludes halogenated alkanes) is 1. The van der Waals surface area contributed by atoms with Gasteiger partial charge in [0.05, 0.1) is 17.9 Å². The zero-order chi connectivity index (χ0) is 23.0. The number of likely N-dealkylation sites (N-methyl/N-ethyl adjacent to an activating group) is 1. The second-order valence-electron chi connectivity index (χ2n) is 9.26. The first-order valence-electron chi connectivity index (χ1n) is 12.4. The van der Waals surface area contributed by atoms with Crippen LogP contribution in [0.3, 0.4) is 0 Å². The van der Waals surface area contributed by atoms with Gasteiger partial charge in [0, 0.05) is 48.9 Å². The SMILES string of the molecule is CNCC(=O)CCCCN1CCN(CCCN2c3ccccc3Sc3ccc(C)cc32)CC1. The number of hydrogen-bond acceptors (Lipinski definition) is 6. The van der Waals surface area contributed by atoms with E-state index in [0.717, 1.165) is 58.7 Å². The first-order valence-corrected chi connectivity index (χ1v) is 13.2. The third kappa shape index (κ3) is 6.60. The summed E-state index contributed by atoms with van der Waals surface area (Å²) < 4.78 is 0. The van der Waals surface area contributed by atoms with E-state index in [4.69, 9.17) is 0 Å². The Labute approximate surface area is 203 Å². The second kappa shape index (κ2) is 12.0. The van der Waals surface area contributed by atoms with E-state index in [9.17, 15) is 4.79 Å². The molecule has 2 aromatic rings. The summed E-state index contributed by atoms with van der Waals surface area (Å²) in [5.74, 6) is 0.329. The highest BCUT2D eigenvalue weighted by Gasteiger charge is 2.23. The number of piperazine rings is 1. The van der Waals surface area contributed by atoms with Gasteiger partial charge in [0.2, 0.25) is 0 Å². The third-order valence-electron chi connectivity index (χ3n) is 6.66. The van der Waals surface area contributed by atoms with Gasteiger partial charge in [-0.1, -0.05) is 30.0 Å². The molecular formula is C27H38N4OS. The molecule has 0 aromatic heterocycles. The minimum Gasteiger partial charge on any atom is -0.340 e. The Bertz CT molecular complexity index is 926. The Morgan fingerprint density at radius 2 is 1.58 bits per heavy atom. The van der Waals surface area contributed by atoms with Crippen LogP contribution in [0.1, 0.15) is 31.2 Å². The van der Waals surface area contributed by atoms with Crippen molar-refractivity contribution in [3.63, 3.8) is 0 Å². The fraction of sp³-hybridized carbons (Fsp3) is 0.519.